The molecule has 0 atom stereocenters. The number of benzene rings is 1. The summed E-state index contributed by atoms with van der Waals surface area (Å²) in [5.74, 6) is -0.878. The summed E-state index contributed by atoms with van der Waals surface area (Å²) in [7, 11) is 0. The van der Waals surface area contributed by atoms with E-state index in [1.807, 2.05) is 26.2 Å². The molecule has 28 heavy (non-hydrogen) atoms. The summed E-state index contributed by atoms with van der Waals surface area (Å²) in [6, 6.07) is 8.89. The fourth-order valence-electron chi connectivity index (χ4n) is 3.14. The highest BCUT2D eigenvalue weighted by Gasteiger charge is 2.34. The van der Waals surface area contributed by atoms with Crippen molar-refractivity contribution in [2.24, 2.45) is 0 Å². The molecule has 144 valence electrons. The molecule has 0 radical (unpaired) electrons. The molecule has 1 aliphatic heterocycles. The van der Waals surface area contributed by atoms with Gasteiger partial charge in [0.2, 0.25) is 5.91 Å². The molecule has 0 saturated heterocycles. The highest BCUT2D eigenvalue weighted by molar-refractivity contribution is 7.14. The lowest BCUT2D eigenvalue weighted by Crippen LogP contribution is -2.31. The molecule has 0 aliphatic carbocycles. The molecule has 0 saturated carbocycles. The number of nitrogens with zero attached hydrogens (tertiary/aromatic N) is 2. The first-order valence-electron chi connectivity index (χ1n) is 9.01. The van der Waals surface area contributed by atoms with Crippen LogP contribution in [0.3, 0.4) is 0 Å². The molecular weight excluding hydrogens is 374 g/mol. The molecule has 1 aliphatic rings. The van der Waals surface area contributed by atoms with E-state index >= 15 is 0 Å². The SMILES string of the molecule is CC(C)(C)c1csc(NC(=O)CCCN2C(=O)c3ccccc3C2=O)c1C#N. The van der Waals surface area contributed by atoms with Gasteiger partial charge in [0.1, 0.15) is 11.1 Å². The third-order valence-electron chi connectivity index (χ3n) is 4.63. The average molecular weight is 395 g/mol. The van der Waals surface area contributed by atoms with Gasteiger partial charge in [-0.3, -0.25) is 19.3 Å². The van der Waals surface area contributed by atoms with E-state index in [9.17, 15) is 19.6 Å². The Morgan fingerprint density at radius 2 is 1.79 bits per heavy atom. The monoisotopic (exact) mass is 395 g/mol. The van der Waals surface area contributed by atoms with Crippen molar-refractivity contribution in [2.75, 3.05) is 11.9 Å². The third-order valence-corrected chi connectivity index (χ3v) is 5.52. The molecule has 3 rings (SSSR count). The summed E-state index contributed by atoms with van der Waals surface area (Å²) in [6.07, 6.45) is 0.512. The Morgan fingerprint density at radius 1 is 1.18 bits per heavy atom. The van der Waals surface area contributed by atoms with Crippen LogP contribution in [0.25, 0.3) is 0 Å². The van der Waals surface area contributed by atoms with Crippen LogP contribution in [0.15, 0.2) is 29.6 Å². The van der Waals surface area contributed by atoms with Crippen LogP contribution in [0, 0.1) is 11.3 Å². The quantitative estimate of drug-likeness (QED) is 0.777. The predicted molar refractivity (Wildman–Crippen MR) is 107 cm³/mol. The van der Waals surface area contributed by atoms with Crippen LogP contribution >= 0.6 is 11.3 Å². The number of nitrogens with one attached hydrogen (secondary N) is 1. The largest absolute Gasteiger partial charge is 0.317 e. The summed E-state index contributed by atoms with van der Waals surface area (Å²) in [4.78, 5) is 38.1. The number of amides is 3. The second kappa shape index (κ2) is 7.56. The molecule has 0 unspecified atom stereocenters. The lowest BCUT2D eigenvalue weighted by molar-refractivity contribution is -0.116. The molecule has 3 amide bonds. The van der Waals surface area contributed by atoms with E-state index in [2.05, 4.69) is 11.4 Å². The molecule has 2 aromatic rings. The third kappa shape index (κ3) is 3.69. The second-order valence-electron chi connectivity index (χ2n) is 7.67. The van der Waals surface area contributed by atoms with Gasteiger partial charge in [-0.05, 0) is 34.9 Å². The van der Waals surface area contributed by atoms with Gasteiger partial charge in [0.25, 0.3) is 11.8 Å². The van der Waals surface area contributed by atoms with Gasteiger partial charge in [-0.15, -0.1) is 11.3 Å². The Labute approximate surface area is 167 Å². The maximum absolute atomic E-state index is 12.3. The van der Waals surface area contributed by atoms with Crippen LogP contribution in [0.1, 0.15) is 65.5 Å². The lowest BCUT2D eigenvalue weighted by atomic mass is 9.86. The van der Waals surface area contributed by atoms with Crippen LogP contribution in [0.2, 0.25) is 0 Å². The number of carbonyl (C=O) groups is 3. The van der Waals surface area contributed by atoms with Crippen molar-refractivity contribution in [3.63, 3.8) is 0 Å². The number of imide groups is 1. The van der Waals surface area contributed by atoms with Crippen molar-refractivity contribution >= 4 is 34.1 Å². The van der Waals surface area contributed by atoms with Crippen LogP contribution in [0.5, 0.6) is 0 Å². The van der Waals surface area contributed by atoms with Gasteiger partial charge < -0.3 is 5.32 Å². The first-order valence-corrected chi connectivity index (χ1v) is 9.89. The first-order chi connectivity index (χ1) is 13.2. The van der Waals surface area contributed by atoms with Gasteiger partial charge in [-0.1, -0.05) is 32.9 Å². The van der Waals surface area contributed by atoms with Crippen molar-refractivity contribution in [3.05, 3.63) is 51.9 Å². The molecular formula is C21H21N3O3S. The number of nitriles is 1. The van der Waals surface area contributed by atoms with Crippen LogP contribution in [-0.2, 0) is 10.2 Å². The average Bonchev–Trinajstić information content (AvgIpc) is 3.16. The molecule has 0 fully saturated rings. The van der Waals surface area contributed by atoms with Crippen molar-refractivity contribution in [1.29, 1.82) is 5.26 Å². The molecule has 1 N–H and O–H groups in total. The molecule has 1 aromatic carbocycles. The maximum atomic E-state index is 12.3. The molecule has 6 nitrogen and oxygen atoms in total. The summed E-state index contributed by atoms with van der Waals surface area (Å²) >= 11 is 1.33. The van der Waals surface area contributed by atoms with Crippen molar-refractivity contribution in [2.45, 2.75) is 39.0 Å². The number of hydrogen-bond donors (Lipinski definition) is 1. The normalized spacial score (nSPS) is 13.4. The fraction of sp³-hybridized carbons (Fsp3) is 0.333. The number of carbonyl (C=O) groups excluding carboxylic acids is 3. The Bertz CT molecular complexity index is 960. The smallest absolute Gasteiger partial charge is 0.261 e. The van der Waals surface area contributed by atoms with Gasteiger partial charge in [0, 0.05) is 13.0 Å². The van der Waals surface area contributed by atoms with Crippen LogP contribution in [-0.4, -0.2) is 29.2 Å². The summed E-state index contributed by atoms with van der Waals surface area (Å²) in [6.45, 7) is 6.24. The molecule has 7 heteroatoms. The molecule has 1 aromatic heterocycles. The van der Waals surface area contributed by atoms with E-state index in [-0.39, 0.29) is 36.1 Å². The highest BCUT2D eigenvalue weighted by atomic mass is 32.1. The first kappa shape index (κ1) is 19.8. The Balaban J connectivity index is 1.58. The standard InChI is InChI=1S/C21H21N3O3S/c1-21(2,3)16-12-28-18(15(16)11-22)23-17(25)9-6-10-24-19(26)13-7-4-5-8-14(13)20(24)27/h4-5,7-8,12H,6,9-10H2,1-3H3,(H,23,25). The zero-order valence-electron chi connectivity index (χ0n) is 16.0. The Kier molecular flexibility index (Phi) is 5.34. The number of fused-ring (bicyclic) bond motifs is 1. The van der Waals surface area contributed by atoms with Gasteiger partial charge in [0.05, 0.1) is 16.7 Å². The molecule has 0 bridgehead atoms. The van der Waals surface area contributed by atoms with E-state index in [0.29, 0.717) is 28.1 Å². The van der Waals surface area contributed by atoms with Gasteiger partial charge in [0.15, 0.2) is 0 Å². The van der Waals surface area contributed by atoms with Crippen molar-refractivity contribution in [1.82, 2.24) is 4.90 Å². The fourth-order valence-corrected chi connectivity index (χ4v) is 4.30. The van der Waals surface area contributed by atoms with E-state index in [1.54, 1.807) is 24.3 Å². The van der Waals surface area contributed by atoms with E-state index in [1.165, 1.54) is 16.2 Å². The predicted octanol–water partition coefficient (Wildman–Crippen LogP) is 3.93. The zero-order chi connectivity index (χ0) is 20.5. The molecule has 2 heterocycles. The topological polar surface area (TPSA) is 90.3 Å². The Hall–Kier alpha value is -2.98. The van der Waals surface area contributed by atoms with Crippen molar-refractivity contribution in [3.8, 4) is 6.07 Å². The summed E-state index contributed by atoms with van der Waals surface area (Å²) < 4.78 is 0. The number of anilines is 1. The minimum atomic E-state index is -0.319. The van der Waals surface area contributed by atoms with Crippen LogP contribution in [0.4, 0.5) is 5.00 Å². The van der Waals surface area contributed by atoms with E-state index < -0.39 is 0 Å². The van der Waals surface area contributed by atoms with E-state index in [0.717, 1.165) is 5.56 Å². The number of hydrogen-bond acceptors (Lipinski definition) is 5. The van der Waals surface area contributed by atoms with E-state index in [4.69, 9.17) is 0 Å². The van der Waals surface area contributed by atoms with Gasteiger partial charge >= 0.3 is 0 Å². The maximum Gasteiger partial charge on any atom is 0.261 e. The van der Waals surface area contributed by atoms with Gasteiger partial charge in [-0.2, -0.15) is 5.26 Å². The molecule has 0 spiro atoms. The second-order valence-corrected chi connectivity index (χ2v) is 8.55. The van der Waals surface area contributed by atoms with Crippen molar-refractivity contribution < 1.29 is 14.4 Å². The van der Waals surface area contributed by atoms with Crippen LogP contribution < -0.4 is 5.32 Å². The number of thiophene rings is 1. The minimum Gasteiger partial charge on any atom is -0.317 e. The summed E-state index contributed by atoms with van der Waals surface area (Å²) in [5.41, 5.74) is 2.02. The minimum absolute atomic E-state index is 0.154. The zero-order valence-corrected chi connectivity index (χ0v) is 16.9. The Morgan fingerprint density at radius 3 is 2.32 bits per heavy atom. The summed E-state index contributed by atoms with van der Waals surface area (Å²) in [5, 5.41) is 14.7. The lowest BCUT2D eigenvalue weighted by Gasteiger charge is -2.17. The number of rotatable bonds is 5. The highest BCUT2D eigenvalue weighted by Crippen LogP contribution is 2.35. The van der Waals surface area contributed by atoms with Gasteiger partial charge in [-0.25, -0.2) is 0 Å².